The van der Waals surface area contributed by atoms with E-state index in [1.807, 2.05) is 6.92 Å². The van der Waals surface area contributed by atoms with Crippen molar-refractivity contribution >= 4 is 17.3 Å². The monoisotopic (exact) mass is 192 g/mol. The lowest BCUT2D eigenvalue weighted by atomic mass is 10.1. The number of hydrogen-bond acceptors (Lipinski definition) is 2. The van der Waals surface area contributed by atoms with E-state index in [4.69, 9.17) is 4.42 Å². The van der Waals surface area contributed by atoms with E-state index in [-0.39, 0.29) is 5.58 Å². The Hall–Kier alpha value is -1.64. The second-order valence-corrected chi connectivity index (χ2v) is 3.03. The van der Waals surface area contributed by atoms with Crippen molar-refractivity contribution in [2.24, 2.45) is 0 Å². The van der Waals surface area contributed by atoms with Gasteiger partial charge in [0.15, 0.2) is 17.7 Å². The van der Waals surface area contributed by atoms with Crippen LogP contribution in [0.2, 0.25) is 0 Å². The number of benzene rings is 1. The number of carbonyl (C=O) groups excluding carboxylic acids is 1. The van der Waals surface area contributed by atoms with E-state index in [1.54, 1.807) is 12.1 Å². The van der Waals surface area contributed by atoms with Crippen LogP contribution in [0.3, 0.4) is 0 Å². The Morgan fingerprint density at radius 3 is 2.93 bits per heavy atom. The number of para-hydroxylation sites is 1. The molecule has 0 spiro atoms. The molecule has 1 aromatic heterocycles. The molecule has 14 heavy (non-hydrogen) atoms. The SMILES string of the molecule is CCc1oc2c(F)cccc2c1C=O. The zero-order valence-corrected chi connectivity index (χ0v) is 7.71. The van der Waals surface area contributed by atoms with Crippen LogP contribution in [0.15, 0.2) is 22.6 Å². The number of fused-ring (bicyclic) bond motifs is 1. The summed E-state index contributed by atoms with van der Waals surface area (Å²) in [5, 5.41) is 0.553. The van der Waals surface area contributed by atoms with Crippen LogP contribution in [-0.4, -0.2) is 6.29 Å². The maximum Gasteiger partial charge on any atom is 0.170 e. The zero-order valence-electron chi connectivity index (χ0n) is 7.71. The number of aryl methyl sites for hydroxylation is 1. The van der Waals surface area contributed by atoms with Crippen molar-refractivity contribution in [3.8, 4) is 0 Å². The molecule has 0 unspecified atom stereocenters. The molecule has 0 saturated heterocycles. The molecule has 2 aromatic rings. The average molecular weight is 192 g/mol. The van der Waals surface area contributed by atoms with Gasteiger partial charge >= 0.3 is 0 Å². The highest BCUT2D eigenvalue weighted by molar-refractivity contribution is 5.97. The molecule has 0 aliphatic rings. The third-order valence-corrected chi connectivity index (χ3v) is 2.22. The molecule has 0 atom stereocenters. The topological polar surface area (TPSA) is 30.2 Å². The lowest BCUT2D eigenvalue weighted by molar-refractivity contribution is 0.112. The highest BCUT2D eigenvalue weighted by Crippen LogP contribution is 2.26. The Bertz CT molecular complexity index is 485. The minimum absolute atomic E-state index is 0.173. The van der Waals surface area contributed by atoms with Gasteiger partial charge in [-0.1, -0.05) is 19.1 Å². The van der Waals surface area contributed by atoms with Crippen molar-refractivity contribution in [1.29, 1.82) is 0 Å². The summed E-state index contributed by atoms with van der Waals surface area (Å²) in [6, 6.07) is 4.57. The third kappa shape index (κ3) is 1.13. The van der Waals surface area contributed by atoms with Crippen LogP contribution in [0.1, 0.15) is 23.0 Å². The molecule has 0 amide bonds. The van der Waals surface area contributed by atoms with Crippen LogP contribution in [0.4, 0.5) is 4.39 Å². The molecule has 0 aliphatic heterocycles. The number of carbonyl (C=O) groups is 1. The van der Waals surface area contributed by atoms with E-state index in [0.29, 0.717) is 29.4 Å². The molecule has 0 fully saturated rings. The van der Waals surface area contributed by atoms with E-state index in [9.17, 15) is 9.18 Å². The molecule has 0 saturated carbocycles. The summed E-state index contributed by atoms with van der Waals surface area (Å²) >= 11 is 0. The first kappa shape index (κ1) is 8.94. The molecular weight excluding hydrogens is 183 g/mol. The maximum absolute atomic E-state index is 13.2. The molecule has 1 heterocycles. The highest BCUT2D eigenvalue weighted by atomic mass is 19.1. The van der Waals surface area contributed by atoms with Gasteiger partial charge in [0, 0.05) is 11.8 Å². The Kier molecular flexibility index (Phi) is 2.08. The molecule has 2 nitrogen and oxygen atoms in total. The van der Waals surface area contributed by atoms with Crippen LogP contribution in [0.5, 0.6) is 0 Å². The van der Waals surface area contributed by atoms with E-state index >= 15 is 0 Å². The second kappa shape index (κ2) is 3.25. The summed E-state index contributed by atoms with van der Waals surface area (Å²) in [6.07, 6.45) is 1.30. The molecular formula is C11H9FO2. The Morgan fingerprint density at radius 2 is 2.29 bits per heavy atom. The van der Waals surface area contributed by atoms with Gasteiger partial charge in [-0.3, -0.25) is 4.79 Å². The minimum atomic E-state index is -0.426. The Balaban J connectivity index is 2.86. The standard InChI is InChI=1S/C11H9FO2/c1-2-10-8(6-13)7-4-3-5-9(12)11(7)14-10/h3-6H,2H2,1H3. The lowest BCUT2D eigenvalue weighted by Gasteiger charge is -1.88. The van der Waals surface area contributed by atoms with E-state index < -0.39 is 5.82 Å². The Labute approximate surface area is 80.3 Å². The maximum atomic E-state index is 13.2. The highest BCUT2D eigenvalue weighted by Gasteiger charge is 2.14. The van der Waals surface area contributed by atoms with Crippen LogP contribution in [0, 0.1) is 5.82 Å². The zero-order chi connectivity index (χ0) is 10.1. The fourth-order valence-corrected chi connectivity index (χ4v) is 1.54. The first-order valence-corrected chi connectivity index (χ1v) is 4.43. The van der Waals surface area contributed by atoms with Gasteiger partial charge < -0.3 is 4.42 Å². The number of rotatable bonds is 2. The average Bonchev–Trinajstić information content (AvgIpc) is 2.57. The van der Waals surface area contributed by atoms with Crippen molar-refractivity contribution in [2.75, 3.05) is 0 Å². The molecule has 0 aliphatic carbocycles. The van der Waals surface area contributed by atoms with Gasteiger partial charge in [0.2, 0.25) is 0 Å². The van der Waals surface area contributed by atoms with Gasteiger partial charge in [0.1, 0.15) is 5.76 Å². The number of aldehydes is 1. The first-order chi connectivity index (χ1) is 6.77. The van der Waals surface area contributed by atoms with E-state index in [0.717, 1.165) is 0 Å². The molecule has 3 heteroatoms. The quantitative estimate of drug-likeness (QED) is 0.685. The van der Waals surface area contributed by atoms with Crippen LogP contribution >= 0.6 is 0 Å². The van der Waals surface area contributed by atoms with Crippen molar-refractivity contribution in [2.45, 2.75) is 13.3 Å². The van der Waals surface area contributed by atoms with E-state index in [1.165, 1.54) is 6.07 Å². The predicted molar refractivity (Wildman–Crippen MR) is 50.9 cm³/mol. The summed E-state index contributed by atoms with van der Waals surface area (Å²) in [7, 11) is 0. The van der Waals surface area contributed by atoms with Gasteiger partial charge in [0.05, 0.1) is 5.56 Å². The van der Waals surface area contributed by atoms with Crippen molar-refractivity contribution < 1.29 is 13.6 Å². The smallest absolute Gasteiger partial charge is 0.170 e. The minimum Gasteiger partial charge on any atom is -0.457 e. The van der Waals surface area contributed by atoms with Crippen LogP contribution in [-0.2, 0) is 6.42 Å². The van der Waals surface area contributed by atoms with Gasteiger partial charge in [0.25, 0.3) is 0 Å². The summed E-state index contributed by atoms with van der Waals surface area (Å²) in [5.41, 5.74) is 0.633. The van der Waals surface area contributed by atoms with Crippen molar-refractivity contribution in [1.82, 2.24) is 0 Å². The van der Waals surface area contributed by atoms with Crippen LogP contribution in [0.25, 0.3) is 11.0 Å². The normalized spacial score (nSPS) is 10.7. The summed E-state index contributed by atoms with van der Waals surface area (Å²) in [5.74, 6) is 0.116. The van der Waals surface area contributed by atoms with E-state index in [2.05, 4.69) is 0 Å². The largest absolute Gasteiger partial charge is 0.457 e. The molecule has 72 valence electrons. The fourth-order valence-electron chi connectivity index (χ4n) is 1.54. The second-order valence-electron chi connectivity index (χ2n) is 3.03. The van der Waals surface area contributed by atoms with Gasteiger partial charge in [-0.15, -0.1) is 0 Å². The third-order valence-electron chi connectivity index (χ3n) is 2.22. The summed E-state index contributed by atoms with van der Waals surface area (Å²) in [6.45, 7) is 1.86. The molecule has 0 N–H and O–H groups in total. The number of furan rings is 1. The number of halogens is 1. The first-order valence-electron chi connectivity index (χ1n) is 4.43. The molecule has 2 rings (SSSR count). The Morgan fingerprint density at radius 1 is 1.50 bits per heavy atom. The summed E-state index contributed by atoms with van der Waals surface area (Å²) in [4.78, 5) is 10.8. The van der Waals surface area contributed by atoms with Crippen LogP contribution < -0.4 is 0 Å². The van der Waals surface area contributed by atoms with Gasteiger partial charge in [-0.25, -0.2) is 4.39 Å². The molecule has 1 aromatic carbocycles. The van der Waals surface area contributed by atoms with Crippen molar-refractivity contribution in [3.63, 3.8) is 0 Å². The predicted octanol–water partition coefficient (Wildman–Crippen LogP) is 2.95. The van der Waals surface area contributed by atoms with Gasteiger partial charge in [-0.05, 0) is 6.07 Å². The van der Waals surface area contributed by atoms with Crippen molar-refractivity contribution in [3.05, 3.63) is 35.3 Å². The fraction of sp³-hybridized carbons (Fsp3) is 0.182. The molecule has 0 bridgehead atoms. The summed E-state index contributed by atoms with van der Waals surface area (Å²) < 4.78 is 18.5. The lowest BCUT2D eigenvalue weighted by Crippen LogP contribution is -1.83. The van der Waals surface area contributed by atoms with Gasteiger partial charge in [-0.2, -0.15) is 0 Å². The molecule has 0 radical (unpaired) electrons. The number of hydrogen-bond donors (Lipinski definition) is 0.